The van der Waals surface area contributed by atoms with Gasteiger partial charge >= 0.3 is 0 Å². The molecule has 0 radical (unpaired) electrons. The van der Waals surface area contributed by atoms with Gasteiger partial charge in [-0.3, -0.25) is 29.7 Å². The molecule has 36 heavy (non-hydrogen) atoms. The van der Waals surface area contributed by atoms with Gasteiger partial charge in [0, 0.05) is 75.5 Å². The van der Waals surface area contributed by atoms with Gasteiger partial charge in [-0.15, -0.1) is 0 Å². The van der Waals surface area contributed by atoms with E-state index in [0.29, 0.717) is 24.4 Å². The van der Waals surface area contributed by atoms with Gasteiger partial charge < -0.3 is 15.1 Å². The molecule has 2 unspecified atom stereocenters. The minimum absolute atomic E-state index is 0.115. The normalized spacial score (nSPS) is 25.3. The van der Waals surface area contributed by atoms with Crippen LogP contribution in [0.1, 0.15) is 58.8 Å². The molecule has 0 aliphatic carbocycles. The van der Waals surface area contributed by atoms with Gasteiger partial charge in [0.2, 0.25) is 11.8 Å². The number of nitrogens with zero attached hydrogens (tertiary/aromatic N) is 4. The zero-order valence-electron chi connectivity index (χ0n) is 20.5. The number of carbonyl (C=O) groups is 3. The number of anilines is 1. The number of carbonyl (C=O) groups excluding carboxylic acids is 3. The minimum atomic E-state index is -0.575. The molecule has 190 valence electrons. The number of aromatic nitrogens is 2. The van der Waals surface area contributed by atoms with E-state index in [-0.39, 0.29) is 24.1 Å². The number of piperazine rings is 1. The van der Waals surface area contributed by atoms with E-state index in [1.54, 1.807) is 4.90 Å². The Morgan fingerprint density at radius 1 is 1.03 bits per heavy atom. The molecule has 0 saturated carbocycles. The molecule has 6 rings (SSSR count). The maximum atomic E-state index is 13.2. The van der Waals surface area contributed by atoms with E-state index >= 15 is 0 Å². The van der Waals surface area contributed by atoms with Crippen molar-refractivity contribution in [2.75, 3.05) is 44.2 Å². The fraction of sp³-hybridized carbons (Fsp3) is 0.538. The van der Waals surface area contributed by atoms with Crippen molar-refractivity contribution in [3.05, 3.63) is 46.6 Å². The number of likely N-dealkylation sites (tertiary alicyclic amines) is 1. The molecule has 1 aromatic heterocycles. The third kappa shape index (κ3) is 4.51. The summed E-state index contributed by atoms with van der Waals surface area (Å²) in [5, 5.41) is 13.6. The summed E-state index contributed by atoms with van der Waals surface area (Å²) in [6, 6.07) is 7.75. The van der Waals surface area contributed by atoms with Crippen LogP contribution in [0.15, 0.2) is 24.3 Å². The Labute approximate surface area is 210 Å². The van der Waals surface area contributed by atoms with Crippen LogP contribution in [0.2, 0.25) is 0 Å². The van der Waals surface area contributed by atoms with Crippen molar-refractivity contribution in [3.63, 3.8) is 0 Å². The lowest BCUT2D eigenvalue weighted by Gasteiger charge is -2.32. The van der Waals surface area contributed by atoms with Crippen molar-refractivity contribution in [2.24, 2.45) is 0 Å². The number of benzene rings is 1. The lowest BCUT2D eigenvalue weighted by atomic mass is 9.94. The Morgan fingerprint density at radius 3 is 2.72 bits per heavy atom. The Morgan fingerprint density at radius 2 is 1.89 bits per heavy atom. The largest absolute Gasteiger partial charge is 0.353 e. The number of aromatic amines is 1. The van der Waals surface area contributed by atoms with Crippen molar-refractivity contribution in [3.8, 4) is 0 Å². The first-order valence-corrected chi connectivity index (χ1v) is 13.0. The average molecular weight is 492 g/mol. The maximum Gasteiger partial charge on any atom is 0.255 e. The number of hydrogen-bond donors (Lipinski definition) is 3. The molecule has 2 atom stereocenters. The van der Waals surface area contributed by atoms with E-state index in [4.69, 9.17) is 0 Å². The van der Waals surface area contributed by atoms with Gasteiger partial charge in [-0.2, -0.15) is 5.10 Å². The molecule has 3 amide bonds. The highest BCUT2D eigenvalue weighted by atomic mass is 16.2. The molecule has 5 heterocycles. The molecule has 4 aliphatic heterocycles. The third-order valence-electron chi connectivity index (χ3n) is 7.97. The van der Waals surface area contributed by atoms with Crippen LogP contribution in [-0.4, -0.2) is 83.0 Å². The predicted octanol–water partition coefficient (Wildman–Crippen LogP) is 0.960. The number of nitrogens with one attached hydrogen (secondary N) is 3. The minimum Gasteiger partial charge on any atom is -0.353 e. The fourth-order valence-corrected chi connectivity index (χ4v) is 6.00. The highest BCUT2D eigenvalue weighted by Gasteiger charge is 2.39. The lowest BCUT2D eigenvalue weighted by molar-refractivity contribution is -0.136. The highest BCUT2D eigenvalue weighted by Crippen LogP contribution is 2.31. The molecule has 10 heteroatoms. The van der Waals surface area contributed by atoms with Crippen molar-refractivity contribution >= 4 is 23.5 Å². The molecule has 3 N–H and O–H groups in total. The molecule has 3 saturated heterocycles. The van der Waals surface area contributed by atoms with Crippen molar-refractivity contribution < 1.29 is 14.4 Å². The Kier molecular flexibility index (Phi) is 6.22. The highest BCUT2D eigenvalue weighted by molar-refractivity contribution is 6.05. The molecule has 4 aliphatic rings. The molecule has 0 bridgehead atoms. The van der Waals surface area contributed by atoms with Crippen molar-refractivity contribution in [2.45, 2.75) is 50.7 Å². The Balaban J connectivity index is 1.10. The second kappa shape index (κ2) is 9.67. The van der Waals surface area contributed by atoms with Crippen LogP contribution >= 0.6 is 0 Å². The molecule has 10 nitrogen and oxygen atoms in total. The SMILES string of the molecule is O=C1CCC(N2Cc3ccc(CN4CCCC(c5cc(N6CCNCC6)n[nH]5)C4)cc3C2=O)C(=O)N1. The van der Waals surface area contributed by atoms with E-state index in [0.717, 1.165) is 75.6 Å². The van der Waals surface area contributed by atoms with E-state index < -0.39 is 6.04 Å². The van der Waals surface area contributed by atoms with Crippen LogP contribution in [-0.2, 0) is 22.7 Å². The summed E-state index contributed by atoms with van der Waals surface area (Å²) in [7, 11) is 0. The second-order valence-corrected chi connectivity index (χ2v) is 10.4. The van der Waals surface area contributed by atoms with Gasteiger partial charge in [0.05, 0.1) is 0 Å². The van der Waals surface area contributed by atoms with Gasteiger partial charge in [-0.1, -0.05) is 12.1 Å². The monoisotopic (exact) mass is 491 g/mol. The molecule has 3 fully saturated rings. The van der Waals surface area contributed by atoms with Gasteiger partial charge in [0.1, 0.15) is 6.04 Å². The quantitative estimate of drug-likeness (QED) is 0.534. The van der Waals surface area contributed by atoms with E-state index in [9.17, 15) is 14.4 Å². The lowest BCUT2D eigenvalue weighted by Crippen LogP contribution is -2.52. The van der Waals surface area contributed by atoms with Gasteiger partial charge in [0.15, 0.2) is 5.82 Å². The first-order valence-electron chi connectivity index (χ1n) is 13.0. The summed E-state index contributed by atoms with van der Waals surface area (Å²) >= 11 is 0. The van der Waals surface area contributed by atoms with Crippen LogP contribution in [0.25, 0.3) is 0 Å². The number of imide groups is 1. The van der Waals surface area contributed by atoms with Crippen LogP contribution in [0.3, 0.4) is 0 Å². The average Bonchev–Trinajstić information content (AvgIpc) is 3.51. The fourth-order valence-electron chi connectivity index (χ4n) is 6.00. The third-order valence-corrected chi connectivity index (χ3v) is 7.97. The summed E-state index contributed by atoms with van der Waals surface area (Å²) in [5.74, 6) is 0.711. The van der Waals surface area contributed by atoms with Gasteiger partial charge in [-0.25, -0.2) is 0 Å². The summed E-state index contributed by atoms with van der Waals surface area (Å²) in [6.45, 7) is 7.15. The molecule has 0 spiro atoms. The Hall–Kier alpha value is -3.24. The number of piperidine rings is 2. The smallest absolute Gasteiger partial charge is 0.255 e. The van der Waals surface area contributed by atoms with Crippen molar-refractivity contribution in [1.29, 1.82) is 0 Å². The van der Waals surface area contributed by atoms with Crippen LogP contribution < -0.4 is 15.5 Å². The van der Waals surface area contributed by atoms with E-state index in [1.165, 1.54) is 5.69 Å². The molecular weight excluding hydrogens is 458 g/mol. The summed E-state index contributed by atoms with van der Waals surface area (Å²) in [6.07, 6.45) is 2.92. The summed E-state index contributed by atoms with van der Waals surface area (Å²) < 4.78 is 0. The number of rotatable bonds is 5. The number of fused-ring (bicyclic) bond motifs is 1. The van der Waals surface area contributed by atoms with Gasteiger partial charge in [-0.05, 0) is 43.0 Å². The van der Waals surface area contributed by atoms with E-state index in [2.05, 4.69) is 42.8 Å². The first kappa shape index (κ1) is 23.2. The van der Waals surface area contributed by atoms with E-state index in [1.807, 2.05) is 12.1 Å². The topological polar surface area (TPSA) is 114 Å². The molecular formula is C26H33N7O3. The van der Waals surface area contributed by atoms with Crippen molar-refractivity contribution in [1.82, 2.24) is 30.6 Å². The van der Waals surface area contributed by atoms with Crippen LogP contribution in [0.5, 0.6) is 0 Å². The maximum absolute atomic E-state index is 13.2. The number of hydrogen-bond acceptors (Lipinski definition) is 7. The zero-order valence-corrected chi connectivity index (χ0v) is 20.5. The second-order valence-electron chi connectivity index (χ2n) is 10.4. The van der Waals surface area contributed by atoms with Gasteiger partial charge in [0.25, 0.3) is 5.91 Å². The first-order chi connectivity index (χ1) is 17.5. The summed E-state index contributed by atoms with van der Waals surface area (Å²) in [5.41, 5.74) is 3.94. The standard InChI is InChI=1S/C26H33N7O3/c34-24-6-5-22(25(35)28-24)33-16-18-4-3-17(12-20(18)26(33)36)14-31-9-1-2-19(15-31)21-13-23(30-29-21)32-10-7-27-8-11-32/h3-4,12-13,19,22,27H,1-2,5-11,14-16H2,(H,29,30)(H,28,34,35). The molecule has 2 aromatic rings. The number of H-pyrrole nitrogens is 1. The predicted molar refractivity (Wildman–Crippen MR) is 133 cm³/mol. The zero-order chi connectivity index (χ0) is 24.6. The Bertz CT molecular complexity index is 1170. The number of amides is 3. The van der Waals surface area contributed by atoms with Crippen LogP contribution in [0.4, 0.5) is 5.82 Å². The van der Waals surface area contributed by atoms with Crippen LogP contribution in [0, 0.1) is 0 Å². The summed E-state index contributed by atoms with van der Waals surface area (Å²) in [4.78, 5) is 43.4. The molecule has 1 aromatic carbocycles.